The molecular formula is C18H19N3O6. The van der Waals surface area contributed by atoms with Crippen molar-refractivity contribution < 1.29 is 24.4 Å². The average molecular weight is 373 g/mol. The minimum atomic E-state index is -0.938. The summed E-state index contributed by atoms with van der Waals surface area (Å²) in [7, 11) is 0. The summed E-state index contributed by atoms with van der Waals surface area (Å²) in [4.78, 5) is 39.8. The van der Waals surface area contributed by atoms with Crippen LogP contribution in [0.15, 0.2) is 24.4 Å². The van der Waals surface area contributed by atoms with Crippen molar-refractivity contribution in [2.24, 2.45) is 11.3 Å². The number of aliphatic carboxylic acids is 1. The molecule has 3 heterocycles. The number of hydrogen-bond acceptors (Lipinski definition) is 5. The predicted molar refractivity (Wildman–Crippen MR) is 94.2 cm³/mol. The minimum absolute atomic E-state index is 0.0371. The summed E-state index contributed by atoms with van der Waals surface area (Å²) in [5, 5.41) is 21.4. The smallest absolute Gasteiger partial charge is 0.311 e. The van der Waals surface area contributed by atoms with Crippen LogP contribution in [0.4, 0.5) is 5.69 Å². The summed E-state index contributed by atoms with van der Waals surface area (Å²) in [5.74, 6) is -1.27. The molecule has 1 aromatic heterocycles. The first-order chi connectivity index (χ1) is 12.9. The predicted octanol–water partition coefficient (Wildman–Crippen LogP) is 1.57. The fourth-order valence-corrected chi connectivity index (χ4v) is 4.19. The molecule has 0 radical (unpaired) electrons. The number of nitro groups is 1. The van der Waals surface area contributed by atoms with Crippen LogP contribution in [-0.4, -0.2) is 58.1 Å². The molecule has 2 aromatic rings. The Morgan fingerprint density at radius 2 is 2.26 bits per heavy atom. The molecule has 2 saturated heterocycles. The lowest BCUT2D eigenvalue weighted by Gasteiger charge is -2.33. The number of non-ortho nitro benzene ring substituents is 1. The van der Waals surface area contributed by atoms with Gasteiger partial charge in [-0.05, 0) is 18.1 Å². The van der Waals surface area contributed by atoms with Gasteiger partial charge in [0.2, 0.25) is 5.91 Å². The van der Waals surface area contributed by atoms with Gasteiger partial charge in [0.1, 0.15) is 0 Å². The topological polar surface area (TPSA) is 126 Å². The van der Waals surface area contributed by atoms with Gasteiger partial charge in [0, 0.05) is 54.8 Å². The summed E-state index contributed by atoms with van der Waals surface area (Å²) in [5.41, 5.74) is 0.403. The van der Waals surface area contributed by atoms with Crippen molar-refractivity contribution in [3.63, 3.8) is 0 Å². The van der Waals surface area contributed by atoms with Crippen molar-refractivity contribution in [2.45, 2.75) is 12.8 Å². The lowest BCUT2D eigenvalue weighted by molar-refractivity contribution is -0.384. The standard InChI is InChI=1S/C18H19N3O6/c22-16(20-8-12-9-27-4-3-18(12,10-20)17(23)24)5-11-7-19-15-2-1-13(21(25)26)6-14(11)15/h1-2,6-7,12,19H,3-5,8-10H2,(H,23,24)/t12-,18+/m0/s1. The Bertz CT molecular complexity index is 938. The van der Waals surface area contributed by atoms with E-state index < -0.39 is 16.3 Å². The van der Waals surface area contributed by atoms with E-state index >= 15 is 0 Å². The van der Waals surface area contributed by atoms with Crippen LogP contribution in [0.25, 0.3) is 10.9 Å². The first-order valence-electron chi connectivity index (χ1n) is 8.74. The maximum absolute atomic E-state index is 12.8. The van der Waals surface area contributed by atoms with Gasteiger partial charge in [0.05, 0.1) is 23.4 Å². The van der Waals surface area contributed by atoms with Gasteiger partial charge < -0.3 is 19.7 Å². The van der Waals surface area contributed by atoms with Crippen molar-refractivity contribution >= 4 is 28.5 Å². The molecule has 1 aromatic carbocycles. The summed E-state index contributed by atoms with van der Waals surface area (Å²) in [6.07, 6.45) is 2.13. The zero-order valence-corrected chi connectivity index (χ0v) is 14.5. The number of nitrogens with one attached hydrogen (secondary N) is 1. The molecule has 142 valence electrons. The second kappa shape index (κ2) is 6.34. The van der Waals surface area contributed by atoms with Gasteiger partial charge in [-0.3, -0.25) is 19.7 Å². The highest BCUT2D eigenvalue weighted by atomic mass is 16.6. The second-order valence-corrected chi connectivity index (χ2v) is 7.24. The van der Waals surface area contributed by atoms with Gasteiger partial charge in [-0.1, -0.05) is 0 Å². The third-order valence-electron chi connectivity index (χ3n) is 5.79. The number of rotatable bonds is 4. The van der Waals surface area contributed by atoms with Crippen molar-refractivity contribution in [3.05, 3.63) is 40.1 Å². The summed E-state index contributed by atoms with van der Waals surface area (Å²) >= 11 is 0. The lowest BCUT2D eigenvalue weighted by atomic mass is 9.74. The molecule has 0 unspecified atom stereocenters. The molecule has 2 N–H and O–H groups in total. The summed E-state index contributed by atoms with van der Waals surface area (Å²) in [6.45, 7) is 1.26. The Morgan fingerprint density at radius 3 is 2.96 bits per heavy atom. The Balaban J connectivity index is 1.56. The third kappa shape index (κ3) is 2.84. The molecule has 0 bridgehead atoms. The monoisotopic (exact) mass is 373 g/mol. The van der Waals surface area contributed by atoms with Crippen molar-refractivity contribution in [1.82, 2.24) is 9.88 Å². The van der Waals surface area contributed by atoms with Gasteiger partial charge in [-0.2, -0.15) is 0 Å². The van der Waals surface area contributed by atoms with Crippen LogP contribution in [-0.2, 0) is 20.7 Å². The van der Waals surface area contributed by atoms with Crippen LogP contribution in [0.2, 0.25) is 0 Å². The number of ether oxygens (including phenoxy) is 1. The quantitative estimate of drug-likeness (QED) is 0.619. The number of amides is 1. The fraction of sp³-hybridized carbons (Fsp3) is 0.444. The lowest BCUT2D eigenvalue weighted by Crippen LogP contribution is -2.45. The number of likely N-dealkylation sites (tertiary alicyclic amines) is 1. The number of carbonyl (C=O) groups is 2. The molecule has 0 aliphatic carbocycles. The second-order valence-electron chi connectivity index (χ2n) is 7.24. The molecule has 2 atom stereocenters. The number of aromatic amines is 1. The molecule has 4 rings (SSSR count). The van der Waals surface area contributed by atoms with Crippen LogP contribution in [0, 0.1) is 21.4 Å². The summed E-state index contributed by atoms with van der Waals surface area (Å²) in [6, 6.07) is 4.47. The molecule has 9 nitrogen and oxygen atoms in total. The van der Waals surface area contributed by atoms with E-state index in [0.717, 1.165) is 0 Å². The number of benzene rings is 1. The Kier molecular flexibility index (Phi) is 4.11. The van der Waals surface area contributed by atoms with E-state index in [1.165, 1.54) is 12.1 Å². The number of nitro benzene ring substituents is 1. The van der Waals surface area contributed by atoms with E-state index in [4.69, 9.17) is 4.74 Å². The number of carboxylic acids is 1. The molecule has 0 spiro atoms. The normalized spacial score (nSPS) is 24.7. The zero-order valence-electron chi connectivity index (χ0n) is 14.5. The first-order valence-corrected chi connectivity index (χ1v) is 8.74. The van der Waals surface area contributed by atoms with E-state index in [2.05, 4.69) is 4.98 Å². The van der Waals surface area contributed by atoms with E-state index in [-0.39, 0.29) is 30.5 Å². The van der Waals surface area contributed by atoms with E-state index in [1.54, 1.807) is 17.2 Å². The van der Waals surface area contributed by atoms with Crippen molar-refractivity contribution in [1.29, 1.82) is 0 Å². The zero-order chi connectivity index (χ0) is 19.2. The Morgan fingerprint density at radius 1 is 1.44 bits per heavy atom. The van der Waals surface area contributed by atoms with Crippen molar-refractivity contribution in [3.8, 4) is 0 Å². The molecular weight excluding hydrogens is 354 g/mol. The molecule has 27 heavy (non-hydrogen) atoms. The van der Waals surface area contributed by atoms with Crippen LogP contribution in [0.5, 0.6) is 0 Å². The number of carboxylic acid groups (broad SMARTS) is 1. The molecule has 9 heteroatoms. The van der Waals surface area contributed by atoms with Gasteiger partial charge in [0.15, 0.2) is 0 Å². The highest BCUT2D eigenvalue weighted by molar-refractivity contribution is 5.90. The molecule has 2 fully saturated rings. The van der Waals surface area contributed by atoms with Gasteiger partial charge >= 0.3 is 5.97 Å². The van der Waals surface area contributed by atoms with E-state index in [0.29, 0.717) is 42.6 Å². The molecule has 1 amide bonds. The molecule has 2 aliphatic heterocycles. The van der Waals surface area contributed by atoms with Gasteiger partial charge in [0.25, 0.3) is 5.69 Å². The van der Waals surface area contributed by atoms with E-state index in [9.17, 15) is 24.8 Å². The number of aromatic nitrogens is 1. The Hall–Kier alpha value is -2.94. The highest BCUT2D eigenvalue weighted by Gasteiger charge is 2.54. The van der Waals surface area contributed by atoms with Crippen LogP contribution in [0.1, 0.15) is 12.0 Å². The number of H-pyrrole nitrogens is 1. The SMILES string of the molecule is O=C(Cc1c[nH]c2ccc([N+](=O)[O-])cc12)N1C[C@H]2COCC[C@@]2(C(=O)O)C1. The van der Waals surface area contributed by atoms with Gasteiger partial charge in [-0.25, -0.2) is 0 Å². The number of nitrogens with zero attached hydrogens (tertiary/aromatic N) is 2. The third-order valence-corrected chi connectivity index (χ3v) is 5.79. The maximum atomic E-state index is 12.8. The van der Waals surface area contributed by atoms with Crippen LogP contribution in [0.3, 0.4) is 0 Å². The molecule has 2 aliphatic rings. The number of hydrogen-bond donors (Lipinski definition) is 2. The first kappa shape index (κ1) is 17.5. The molecule has 0 saturated carbocycles. The van der Waals surface area contributed by atoms with Crippen LogP contribution < -0.4 is 0 Å². The largest absolute Gasteiger partial charge is 0.481 e. The highest BCUT2D eigenvalue weighted by Crippen LogP contribution is 2.42. The summed E-state index contributed by atoms with van der Waals surface area (Å²) < 4.78 is 5.42. The van der Waals surface area contributed by atoms with Gasteiger partial charge in [-0.15, -0.1) is 0 Å². The number of fused-ring (bicyclic) bond motifs is 2. The minimum Gasteiger partial charge on any atom is -0.481 e. The van der Waals surface area contributed by atoms with Crippen LogP contribution >= 0.6 is 0 Å². The van der Waals surface area contributed by atoms with Crippen molar-refractivity contribution in [2.75, 3.05) is 26.3 Å². The Labute approximate surface area is 154 Å². The average Bonchev–Trinajstić information content (AvgIpc) is 3.23. The number of carbonyl (C=O) groups excluding carboxylic acids is 1. The fourth-order valence-electron chi connectivity index (χ4n) is 4.19. The van der Waals surface area contributed by atoms with E-state index in [1.807, 2.05) is 0 Å². The maximum Gasteiger partial charge on any atom is 0.311 e.